The van der Waals surface area contributed by atoms with Crippen LogP contribution in [-0.4, -0.2) is 55.5 Å². The average molecular weight is 406 g/mol. The molecule has 4 rings (SSSR count). The number of pyridine rings is 1. The van der Waals surface area contributed by atoms with Gasteiger partial charge in [0.05, 0.1) is 13.3 Å². The van der Waals surface area contributed by atoms with E-state index in [1.165, 1.54) is 36.8 Å². The quantitative estimate of drug-likeness (QED) is 0.573. The van der Waals surface area contributed by atoms with Crippen molar-refractivity contribution in [2.24, 2.45) is 0 Å². The van der Waals surface area contributed by atoms with E-state index in [9.17, 15) is 14.0 Å². The Balaban J connectivity index is 0.00000109. The van der Waals surface area contributed by atoms with Crippen LogP contribution in [0.1, 0.15) is 38.6 Å². The van der Waals surface area contributed by atoms with E-state index in [1.807, 2.05) is 13.8 Å². The molecule has 10 heteroatoms. The van der Waals surface area contributed by atoms with Crippen LogP contribution in [0, 0.1) is 5.82 Å². The molecular formula is C18H21FN5O3S+. The normalized spacial score (nSPS) is 18.5. The Morgan fingerprint density at radius 2 is 2.04 bits per heavy atom. The van der Waals surface area contributed by atoms with Crippen LogP contribution >= 0.6 is 11.3 Å². The van der Waals surface area contributed by atoms with Crippen molar-refractivity contribution in [1.29, 1.82) is 0 Å². The van der Waals surface area contributed by atoms with Crippen molar-refractivity contribution in [3.8, 4) is 16.6 Å². The second kappa shape index (κ2) is 7.70. The molecule has 28 heavy (non-hydrogen) atoms. The van der Waals surface area contributed by atoms with Gasteiger partial charge in [-0.1, -0.05) is 25.2 Å². The van der Waals surface area contributed by atoms with Gasteiger partial charge in [-0.25, -0.2) is 19.1 Å². The van der Waals surface area contributed by atoms with Gasteiger partial charge in [-0.3, -0.25) is 0 Å². The minimum absolute atomic E-state index is 0.120. The number of halogens is 1. The highest BCUT2D eigenvalue weighted by molar-refractivity contribution is 7.14. The highest BCUT2D eigenvalue weighted by Crippen LogP contribution is 2.47. The van der Waals surface area contributed by atoms with E-state index in [0.717, 1.165) is 4.58 Å². The Kier molecular flexibility index (Phi) is 5.50. The van der Waals surface area contributed by atoms with Crippen molar-refractivity contribution in [2.45, 2.75) is 45.7 Å². The molecule has 1 spiro atoms. The van der Waals surface area contributed by atoms with Gasteiger partial charge >= 0.3 is 11.9 Å². The zero-order valence-electron chi connectivity index (χ0n) is 16.1. The second-order valence-electron chi connectivity index (χ2n) is 6.02. The van der Waals surface area contributed by atoms with Gasteiger partial charge in [-0.05, 0) is 19.1 Å². The molecule has 1 saturated carbocycles. The molecule has 1 aliphatic carbocycles. The topological polar surface area (TPSA) is 88.3 Å². The molecule has 0 radical (unpaired) electrons. The van der Waals surface area contributed by atoms with Crippen LogP contribution in [0.3, 0.4) is 0 Å². The lowest BCUT2D eigenvalue weighted by atomic mass is 10.2. The van der Waals surface area contributed by atoms with Gasteiger partial charge in [0.2, 0.25) is 5.54 Å². The molecule has 0 unspecified atom stereocenters. The van der Waals surface area contributed by atoms with Crippen LogP contribution < -0.4 is 4.74 Å². The third-order valence-corrected chi connectivity index (χ3v) is 5.47. The maximum absolute atomic E-state index is 13.5. The molecule has 1 aliphatic heterocycles. The number of imide groups is 1. The van der Waals surface area contributed by atoms with E-state index in [2.05, 4.69) is 15.2 Å². The van der Waals surface area contributed by atoms with Crippen LogP contribution in [0.15, 0.2) is 12.1 Å². The minimum atomic E-state index is -0.729. The van der Waals surface area contributed by atoms with Gasteiger partial charge in [-0.2, -0.15) is 4.79 Å². The predicted molar refractivity (Wildman–Crippen MR) is 101 cm³/mol. The Labute approximate surface area is 165 Å². The summed E-state index contributed by atoms with van der Waals surface area (Å²) in [6.45, 7) is 5.86. The fourth-order valence-electron chi connectivity index (χ4n) is 3.03. The number of urea groups is 1. The monoisotopic (exact) mass is 406 g/mol. The summed E-state index contributed by atoms with van der Waals surface area (Å²) in [5.41, 5.74) is -0.298. The maximum Gasteiger partial charge on any atom is 0.501 e. The number of amides is 3. The number of carbonyl (C=O) groups excluding carboxylic acids is 2. The molecule has 3 heterocycles. The van der Waals surface area contributed by atoms with E-state index in [-0.39, 0.29) is 24.4 Å². The number of hydrogen-bond donors (Lipinski definition) is 0. The molecule has 0 atom stereocenters. The summed E-state index contributed by atoms with van der Waals surface area (Å²) in [6.07, 6.45) is 2.81. The van der Waals surface area contributed by atoms with Gasteiger partial charge < -0.3 is 4.74 Å². The first kappa shape index (κ1) is 20.0. The van der Waals surface area contributed by atoms with E-state index in [4.69, 9.17) is 4.74 Å². The number of aromatic nitrogens is 3. The first-order valence-corrected chi connectivity index (χ1v) is 9.80. The Hall–Kier alpha value is -2.75. The first-order valence-electron chi connectivity index (χ1n) is 8.98. The maximum atomic E-state index is 13.5. The van der Waals surface area contributed by atoms with Crippen molar-refractivity contribution in [1.82, 2.24) is 20.1 Å². The summed E-state index contributed by atoms with van der Waals surface area (Å²) in [6, 6.07) is 2.40. The molecule has 2 aliphatic rings. The van der Waals surface area contributed by atoms with Crippen LogP contribution in [0.5, 0.6) is 5.88 Å². The van der Waals surface area contributed by atoms with Gasteiger partial charge in [0.15, 0.2) is 15.8 Å². The highest BCUT2D eigenvalue weighted by Gasteiger charge is 2.71. The average Bonchev–Trinajstić information content (AvgIpc) is 3.34. The van der Waals surface area contributed by atoms with Gasteiger partial charge in [-0.15, -0.1) is 14.8 Å². The number of methoxy groups -OCH3 is 1. The van der Waals surface area contributed by atoms with Crippen molar-refractivity contribution in [3.05, 3.63) is 23.0 Å². The van der Waals surface area contributed by atoms with Crippen LogP contribution in [0.25, 0.3) is 10.7 Å². The Morgan fingerprint density at radius 1 is 1.32 bits per heavy atom. The molecule has 1 saturated heterocycles. The molecule has 0 bridgehead atoms. The van der Waals surface area contributed by atoms with Crippen molar-refractivity contribution < 1.29 is 23.3 Å². The van der Waals surface area contributed by atoms with Crippen molar-refractivity contribution in [2.75, 3.05) is 7.11 Å². The molecule has 2 aromatic heterocycles. The smallest absolute Gasteiger partial charge is 0.479 e. The first-order chi connectivity index (χ1) is 13.5. The lowest BCUT2D eigenvalue weighted by molar-refractivity contribution is -0.346. The number of nitrogens with zero attached hydrogens (tertiary/aromatic N) is 5. The summed E-state index contributed by atoms with van der Waals surface area (Å²) in [7, 11) is 1.34. The molecule has 2 fully saturated rings. The fourth-order valence-corrected chi connectivity index (χ4v) is 3.83. The summed E-state index contributed by atoms with van der Waals surface area (Å²) >= 11 is 1.24. The number of carbonyl (C=O) groups is 2. The van der Waals surface area contributed by atoms with Crippen molar-refractivity contribution >= 4 is 29.5 Å². The summed E-state index contributed by atoms with van der Waals surface area (Å²) in [4.78, 5) is 30.5. The molecule has 2 aromatic rings. The molecule has 3 amide bonds. The molecule has 8 nitrogen and oxygen atoms in total. The van der Waals surface area contributed by atoms with E-state index >= 15 is 0 Å². The zero-order valence-corrected chi connectivity index (χ0v) is 16.9. The zero-order chi connectivity index (χ0) is 20.5. The number of rotatable bonds is 4. The van der Waals surface area contributed by atoms with Gasteiger partial charge in [0, 0.05) is 12.8 Å². The number of ether oxygens (including phenoxy) is 1. The minimum Gasteiger partial charge on any atom is -0.479 e. The van der Waals surface area contributed by atoms with E-state index in [1.54, 1.807) is 11.8 Å². The highest BCUT2D eigenvalue weighted by atomic mass is 32.1. The summed E-state index contributed by atoms with van der Waals surface area (Å²) in [5.74, 6) is -0.862. The van der Waals surface area contributed by atoms with E-state index in [0.29, 0.717) is 28.6 Å². The van der Waals surface area contributed by atoms with Crippen LogP contribution in [0.4, 0.5) is 9.18 Å². The lowest BCUT2D eigenvalue weighted by Gasteiger charge is -2.10. The van der Waals surface area contributed by atoms with Crippen LogP contribution in [-0.2, 0) is 11.3 Å². The third-order valence-electron chi connectivity index (χ3n) is 4.54. The Morgan fingerprint density at radius 3 is 2.64 bits per heavy atom. The number of hydrogen-bond acceptors (Lipinski definition) is 7. The molecular weight excluding hydrogens is 385 g/mol. The molecule has 148 valence electrons. The predicted octanol–water partition coefficient (Wildman–Crippen LogP) is 2.87. The molecule has 0 aromatic carbocycles. The van der Waals surface area contributed by atoms with Crippen molar-refractivity contribution in [3.63, 3.8) is 0 Å². The van der Waals surface area contributed by atoms with Gasteiger partial charge in [0.25, 0.3) is 5.88 Å². The van der Waals surface area contributed by atoms with E-state index < -0.39 is 11.4 Å². The second-order valence-corrected chi connectivity index (χ2v) is 7.08. The third kappa shape index (κ3) is 3.17. The largest absolute Gasteiger partial charge is 0.501 e. The fraction of sp³-hybridized carbons (Fsp3) is 0.444. The standard InChI is InChI=1S/C16H15FN5O3S.C2H6/c1-3-21-14(23)16(6-7-16)22(15(21)24)8-11-19-20-13(26-11)10-5-4-9(17)12(18-10)25-2;1-2/h3-5H,6-8H2,1-2H3;1-2H3/q+1;/b21-3+;. The van der Waals surface area contributed by atoms with Gasteiger partial charge in [0.1, 0.15) is 12.2 Å². The lowest BCUT2D eigenvalue weighted by Crippen LogP contribution is -2.36. The van der Waals surface area contributed by atoms with Crippen LogP contribution in [0.2, 0.25) is 0 Å². The Bertz CT molecular complexity index is 954. The summed E-state index contributed by atoms with van der Waals surface area (Å²) in [5, 5.41) is 9.23. The molecule has 0 N–H and O–H groups in total. The SMILES string of the molecule is C/C=[N+]1/C(=O)N(Cc2nnc(-c3ccc(F)c(OC)n3)s2)C2(CC2)C1=O.CC. The summed E-state index contributed by atoms with van der Waals surface area (Å²) < 4.78 is 19.5.